The number of fused-ring (bicyclic) bond motifs is 2. The van der Waals surface area contributed by atoms with Crippen molar-refractivity contribution in [2.45, 2.75) is 57.5 Å². The second-order valence-electron chi connectivity index (χ2n) is 9.77. The van der Waals surface area contributed by atoms with Crippen molar-refractivity contribution in [1.29, 1.82) is 0 Å². The molecule has 2 aliphatic heterocycles. The third kappa shape index (κ3) is 4.19. The lowest BCUT2D eigenvalue weighted by molar-refractivity contribution is -0.139. The summed E-state index contributed by atoms with van der Waals surface area (Å²) in [5.41, 5.74) is 0.571. The van der Waals surface area contributed by atoms with Gasteiger partial charge < -0.3 is 10.4 Å². The minimum atomic E-state index is -1.25. The number of halogens is 3. The highest BCUT2D eigenvalue weighted by atomic mass is 79.9. The molecule has 2 aliphatic rings. The van der Waals surface area contributed by atoms with Crippen molar-refractivity contribution in [3.63, 3.8) is 0 Å². The number of nitrogens with one attached hydrogen (secondary N) is 2. The van der Waals surface area contributed by atoms with E-state index in [1.54, 1.807) is 25.1 Å². The van der Waals surface area contributed by atoms with Crippen LogP contribution in [-0.2, 0) is 15.0 Å². The van der Waals surface area contributed by atoms with Crippen LogP contribution < -0.4 is 10.6 Å². The molecule has 0 bridgehead atoms. The van der Waals surface area contributed by atoms with E-state index < -0.39 is 35.2 Å². The molecule has 2 unspecified atom stereocenters. The number of amides is 1. The first kappa shape index (κ1) is 25.3. The molecular formula is C25H29BrF2N2O3. The zero-order valence-corrected chi connectivity index (χ0v) is 20.9. The van der Waals surface area contributed by atoms with Crippen molar-refractivity contribution in [1.82, 2.24) is 5.32 Å². The number of hydrogen-bond donors (Lipinski definition) is 3. The summed E-state index contributed by atoms with van der Waals surface area (Å²) in [6.45, 7) is 7.80. The first-order valence-electron chi connectivity index (χ1n) is 10.7. The van der Waals surface area contributed by atoms with Crippen molar-refractivity contribution in [2.75, 3.05) is 12.5 Å². The van der Waals surface area contributed by atoms with E-state index in [9.17, 15) is 19.1 Å². The first-order chi connectivity index (χ1) is 15.5. The Kier molecular flexibility index (Phi) is 7.01. The van der Waals surface area contributed by atoms with Crippen LogP contribution in [0.5, 0.6) is 0 Å². The van der Waals surface area contributed by atoms with Gasteiger partial charge in [-0.1, -0.05) is 61.0 Å². The van der Waals surface area contributed by atoms with E-state index in [0.717, 1.165) is 4.47 Å². The second kappa shape index (κ2) is 9.14. The van der Waals surface area contributed by atoms with Crippen LogP contribution in [0.1, 0.15) is 49.8 Å². The van der Waals surface area contributed by atoms with Crippen LogP contribution in [0, 0.1) is 18.2 Å². The van der Waals surface area contributed by atoms with Crippen molar-refractivity contribution < 1.29 is 23.5 Å². The van der Waals surface area contributed by atoms with Crippen LogP contribution in [0.4, 0.5) is 14.5 Å². The summed E-state index contributed by atoms with van der Waals surface area (Å²) in [4.78, 5) is 26.1. The lowest BCUT2D eigenvalue weighted by Gasteiger charge is -2.37. The predicted molar refractivity (Wildman–Crippen MR) is 128 cm³/mol. The number of aryl methyl sites for hydroxylation is 1. The molecule has 1 amide bonds. The zero-order chi connectivity index (χ0) is 24.7. The lowest BCUT2D eigenvalue weighted by Crippen LogP contribution is -2.49. The van der Waals surface area contributed by atoms with Crippen LogP contribution in [0.3, 0.4) is 0 Å². The van der Waals surface area contributed by atoms with Crippen LogP contribution >= 0.6 is 15.9 Å². The van der Waals surface area contributed by atoms with Gasteiger partial charge in [0.1, 0.15) is 17.3 Å². The van der Waals surface area contributed by atoms with Crippen molar-refractivity contribution in [2.24, 2.45) is 5.41 Å². The van der Waals surface area contributed by atoms with Gasteiger partial charge in [-0.05, 0) is 47.6 Å². The Balaban J connectivity index is 0.00000149. The molecule has 8 heteroatoms. The number of alkyl halides is 1. The number of rotatable bonds is 3. The average molecular weight is 523 g/mol. The molecule has 0 radical (unpaired) electrons. The number of carboxylic acids is 1. The van der Waals surface area contributed by atoms with Crippen LogP contribution in [0.2, 0.25) is 0 Å². The number of aliphatic carboxylic acids is 1. The monoisotopic (exact) mass is 522 g/mol. The SMILES string of the molecule is CF.Cc1cccc(C2[C@H](C(=O)O)NC(CC(C)(C)C)[C@@]23C(=O)Nc2cc(Br)ccc23)c1F. The van der Waals surface area contributed by atoms with Gasteiger partial charge in [0.15, 0.2) is 0 Å². The maximum atomic E-state index is 15.4. The van der Waals surface area contributed by atoms with E-state index in [4.69, 9.17) is 0 Å². The Hall–Kier alpha value is -2.32. The molecule has 2 aromatic rings. The summed E-state index contributed by atoms with van der Waals surface area (Å²) >= 11 is 3.44. The number of hydrogen-bond acceptors (Lipinski definition) is 3. The molecule has 4 atom stereocenters. The number of carbonyl (C=O) groups excluding carboxylic acids is 1. The van der Waals surface area contributed by atoms with Crippen molar-refractivity contribution in [3.8, 4) is 0 Å². The largest absolute Gasteiger partial charge is 0.480 e. The minimum Gasteiger partial charge on any atom is -0.480 e. The molecule has 178 valence electrons. The topological polar surface area (TPSA) is 78.4 Å². The Labute approximate surface area is 201 Å². The highest BCUT2D eigenvalue weighted by Crippen LogP contribution is 2.57. The van der Waals surface area contributed by atoms with Gasteiger partial charge in [-0.15, -0.1) is 0 Å². The number of benzene rings is 2. The summed E-state index contributed by atoms with van der Waals surface area (Å²) in [7, 11) is 0.500. The smallest absolute Gasteiger partial charge is 0.321 e. The summed E-state index contributed by atoms with van der Waals surface area (Å²) in [6, 6.07) is 8.88. The summed E-state index contributed by atoms with van der Waals surface area (Å²) in [5, 5.41) is 16.3. The highest BCUT2D eigenvalue weighted by molar-refractivity contribution is 9.10. The van der Waals surface area contributed by atoms with Crippen LogP contribution in [0.25, 0.3) is 0 Å². The third-order valence-electron chi connectivity index (χ3n) is 6.44. The van der Waals surface area contributed by atoms with Gasteiger partial charge in [-0.3, -0.25) is 19.3 Å². The van der Waals surface area contributed by atoms with Gasteiger partial charge >= 0.3 is 5.97 Å². The minimum absolute atomic E-state index is 0.188. The maximum absolute atomic E-state index is 15.4. The number of carbonyl (C=O) groups is 2. The first-order valence-corrected chi connectivity index (χ1v) is 11.5. The van der Waals surface area contributed by atoms with E-state index in [0.29, 0.717) is 30.4 Å². The van der Waals surface area contributed by atoms with E-state index in [1.165, 1.54) is 0 Å². The van der Waals surface area contributed by atoms with Crippen LogP contribution in [-0.4, -0.2) is 36.2 Å². The molecule has 4 rings (SSSR count). The fourth-order valence-corrected chi connectivity index (χ4v) is 5.65. The van der Waals surface area contributed by atoms with Gasteiger partial charge in [0, 0.05) is 22.1 Å². The molecule has 0 aromatic heterocycles. The molecule has 1 fully saturated rings. The quantitative estimate of drug-likeness (QED) is 0.509. The molecule has 5 nitrogen and oxygen atoms in total. The Morgan fingerprint density at radius 1 is 1.21 bits per heavy atom. The summed E-state index contributed by atoms with van der Waals surface area (Å²) < 4.78 is 25.7. The van der Waals surface area contributed by atoms with Gasteiger partial charge in [-0.25, -0.2) is 4.39 Å². The second-order valence-corrected chi connectivity index (χ2v) is 10.7. The Morgan fingerprint density at radius 2 is 1.88 bits per heavy atom. The summed E-state index contributed by atoms with van der Waals surface area (Å²) in [5.74, 6) is -2.76. The third-order valence-corrected chi connectivity index (χ3v) is 6.94. The molecule has 0 saturated carbocycles. The van der Waals surface area contributed by atoms with E-state index in [-0.39, 0.29) is 16.9 Å². The maximum Gasteiger partial charge on any atom is 0.321 e. The Bertz CT molecular complexity index is 1090. The molecule has 2 aromatic carbocycles. The van der Waals surface area contributed by atoms with E-state index in [2.05, 4.69) is 26.6 Å². The predicted octanol–water partition coefficient (Wildman–Crippen LogP) is 5.32. The molecule has 2 heterocycles. The number of carboxylic acid groups (broad SMARTS) is 1. The van der Waals surface area contributed by atoms with Gasteiger partial charge in [-0.2, -0.15) is 0 Å². The average Bonchev–Trinajstić information content (AvgIpc) is 3.20. The van der Waals surface area contributed by atoms with Gasteiger partial charge in [0.2, 0.25) is 5.91 Å². The van der Waals surface area contributed by atoms with Crippen LogP contribution in [0.15, 0.2) is 40.9 Å². The zero-order valence-electron chi connectivity index (χ0n) is 19.3. The Morgan fingerprint density at radius 3 is 2.48 bits per heavy atom. The molecule has 33 heavy (non-hydrogen) atoms. The van der Waals surface area contributed by atoms with Gasteiger partial charge in [0.05, 0.1) is 7.18 Å². The summed E-state index contributed by atoms with van der Waals surface area (Å²) in [6.07, 6.45) is 0.545. The molecular weight excluding hydrogens is 494 g/mol. The normalized spacial score (nSPS) is 25.9. The van der Waals surface area contributed by atoms with Crippen molar-refractivity contribution >= 4 is 33.5 Å². The van der Waals surface area contributed by atoms with Crippen molar-refractivity contribution in [3.05, 3.63) is 63.4 Å². The fraction of sp³-hybridized carbons (Fsp3) is 0.440. The molecule has 1 saturated heterocycles. The fourth-order valence-electron chi connectivity index (χ4n) is 5.29. The molecule has 3 N–H and O–H groups in total. The standard InChI is InChI=1S/C24H26BrFN2O3.CH3F/c1-12-6-5-7-14(19(12)26)18-20(21(29)30)28-17(11-23(2,3)4)24(18)15-9-8-13(25)10-16(15)27-22(24)31;1-2/h5-10,17-18,20,28H,11H2,1-4H3,(H,27,31)(H,29,30);1H3/t17?,18?,20-,24-;/m1./s1. The highest BCUT2D eigenvalue weighted by Gasteiger charge is 2.66. The lowest BCUT2D eigenvalue weighted by atomic mass is 9.62. The molecule has 1 spiro atoms. The van der Waals surface area contributed by atoms with E-state index in [1.807, 2.05) is 39.0 Å². The van der Waals surface area contributed by atoms with E-state index >= 15 is 4.39 Å². The molecule has 0 aliphatic carbocycles. The van der Waals surface area contributed by atoms with Gasteiger partial charge in [0.25, 0.3) is 0 Å². The number of anilines is 1.